The molecule has 5 heteroatoms. The minimum Gasteiger partial charge on any atom is -0.371 e. The van der Waals surface area contributed by atoms with Crippen LogP contribution in [0.25, 0.3) is 22.5 Å². The van der Waals surface area contributed by atoms with Crippen molar-refractivity contribution in [3.63, 3.8) is 0 Å². The van der Waals surface area contributed by atoms with E-state index in [-0.39, 0.29) is 0 Å². The Labute approximate surface area is 146 Å². The molecule has 2 aromatic heterocycles. The van der Waals surface area contributed by atoms with E-state index in [4.69, 9.17) is 0 Å². The molecule has 1 fully saturated rings. The van der Waals surface area contributed by atoms with E-state index in [1.807, 2.05) is 29.0 Å². The van der Waals surface area contributed by atoms with Gasteiger partial charge in [0, 0.05) is 36.2 Å². The molecule has 1 aliphatic heterocycles. The second-order valence-electron chi connectivity index (χ2n) is 6.48. The highest BCUT2D eigenvalue weighted by Gasteiger charge is 2.15. The van der Waals surface area contributed by atoms with Gasteiger partial charge in [-0.05, 0) is 43.0 Å². The number of likely N-dealkylation sites (tertiary alicyclic amines) is 1. The zero-order chi connectivity index (χ0) is 17.2. The largest absolute Gasteiger partial charge is 0.371 e. The third kappa shape index (κ3) is 3.02. The quantitative estimate of drug-likeness (QED) is 0.710. The van der Waals surface area contributed by atoms with Crippen molar-refractivity contribution >= 4 is 16.9 Å². The number of nitrogens with zero attached hydrogens (tertiary/aromatic N) is 4. The Hall–Kier alpha value is -2.69. The molecule has 128 valence electrons. The Morgan fingerprint density at radius 2 is 1.84 bits per heavy atom. The molecule has 1 aromatic carbocycles. The molecule has 0 radical (unpaired) electrons. The molecule has 1 aliphatic rings. The summed E-state index contributed by atoms with van der Waals surface area (Å²) in [4.78, 5) is 11.4. The van der Waals surface area contributed by atoms with Crippen LogP contribution >= 0.6 is 0 Å². The van der Waals surface area contributed by atoms with Gasteiger partial charge in [-0.1, -0.05) is 18.7 Å². The number of hydrogen-bond donors (Lipinski definition) is 0. The van der Waals surface area contributed by atoms with Gasteiger partial charge < -0.3 is 4.90 Å². The van der Waals surface area contributed by atoms with Crippen LogP contribution in [-0.4, -0.2) is 32.5 Å². The summed E-state index contributed by atoms with van der Waals surface area (Å²) in [6.45, 7) is 5.93. The normalized spacial score (nSPS) is 14.8. The van der Waals surface area contributed by atoms with Crippen LogP contribution in [0.2, 0.25) is 0 Å². The smallest absolute Gasteiger partial charge is 0.164 e. The standard InChI is InChI=1S/C20H21FN4/c1-15(24-9-3-2-4-10-24)17-11-19-20(22-13-17)25(14-23-19)18-7-5-16(12-21)6-8-18/h5-8,11,13-14H,1-4,9-10,12H2. The average Bonchev–Trinajstić information content (AvgIpc) is 3.11. The van der Waals surface area contributed by atoms with Gasteiger partial charge in [0.1, 0.15) is 18.5 Å². The van der Waals surface area contributed by atoms with Gasteiger partial charge >= 0.3 is 0 Å². The van der Waals surface area contributed by atoms with E-state index >= 15 is 0 Å². The zero-order valence-electron chi connectivity index (χ0n) is 14.2. The first kappa shape index (κ1) is 15.8. The number of imidazole rings is 1. The van der Waals surface area contributed by atoms with Crippen molar-refractivity contribution in [2.24, 2.45) is 0 Å². The maximum Gasteiger partial charge on any atom is 0.164 e. The number of rotatable bonds is 4. The van der Waals surface area contributed by atoms with Crippen molar-refractivity contribution < 1.29 is 4.39 Å². The molecule has 1 saturated heterocycles. The lowest BCUT2D eigenvalue weighted by Gasteiger charge is -2.30. The minimum atomic E-state index is -0.453. The fourth-order valence-electron chi connectivity index (χ4n) is 3.34. The monoisotopic (exact) mass is 336 g/mol. The van der Waals surface area contributed by atoms with Crippen molar-refractivity contribution in [1.82, 2.24) is 19.4 Å². The van der Waals surface area contributed by atoms with E-state index < -0.39 is 6.67 Å². The first-order chi connectivity index (χ1) is 12.3. The summed E-state index contributed by atoms with van der Waals surface area (Å²) in [5.74, 6) is 0. The van der Waals surface area contributed by atoms with Gasteiger partial charge in [0.25, 0.3) is 0 Å². The maximum absolute atomic E-state index is 12.7. The van der Waals surface area contributed by atoms with Crippen LogP contribution in [0.3, 0.4) is 0 Å². The summed E-state index contributed by atoms with van der Waals surface area (Å²) < 4.78 is 14.6. The van der Waals surface area contributed by atoms with Gasteiger partial charge in [-0.2, -0.15) is 0 Å². The maximum atomic E-state index is 12.7. The van der Waals surface area contributed by atoms with Gasteiger partial charge in [0.15, 0.2) is 5.65 Å². The van der Waals surface area contributed by atoms with Crippen LogP contribution in [0.15, 0.2) is 49.4 Å². The van der Waals surface area contributed by atoms with Crippen LogP contribution in [-0.2, 0) is 6.67 Å². The minimum absolute atomic E-state index is 0.453. The van der Waals surface area contributed by atoms with Gasteiger partial charge in [-0.15, -0.1) is 0 Å². The van der Waals surface area contributed by atoms with Crippen molar-refractivity contribution in [2.75, 3.05) is 13.1 Å². The Balaban J connectivity index is 1.65. The van der Waals surface area contributed by atoms with Crippen molar-refractivity contribution in [1.29, 1.82) is 0 Å². The topological polar surface area (TPSA) is 34.0 Å². The summed E-state index contributed by atoms with van der Waals surface area (Å²) in [5.41, 5.74) is 5.27. The molecule has 0 bridgehead atoms. The number of pyridine rings is 1. The first-order valence-electron chi connectivity index (χ1n) is 8.69. The van der Waals surface area contributed by atoms with Crippen LogP contribution in [0.4, 0.5) is 4.39 Å². The number of alkyl halides is 1. The lowest BCUT2D eigenvalue weighted by molar-refractivity contribution is 0.326. The SMILES string of the molecule is C=C(c1cnc2c(c1)ncn2-c1ccc(CF)cc1)N1CCCCC1. The van der Waals surface area contributed by atoms with Gasteiger partial charge in [0.05, 0.1) is 0 Å². The predicted molar refractivity (Wildman–Crippen MR) is 98.1 cm³/mol. The molecule has 4 rings (SSSR count). The van der Waals surface area contributed by atoms with Crippen LogP contribution in [0.5, 0.6) is 0 Å². The zero-order valence-corrected chi connectivity index (χ0v) is 14.2. The third-order valence-corrected chi connectivity index (χ3v) is 4.83. The number of benzene rings is 1. The summed E-state index contributed by atoms with van der Waals surface area (Å²) in [5, 5.41) is 0. The fraction of sp³-hybridized carbons (Fsp3) is 0.300. The Kier molecular flexibility index (Phi) is 4.22. The summed E-state index contributed by atoms with van der Waals surface area (Å²) in [6, 6.07) is 9.39. The summed E-state index contributed by atoms with van der Waals surface area (Å²) in [7, 11) is 0. The highest BCUT2D eigenvalue weighted by Crippen LogP contribution is 2.24. The van der Waals surface area contributed by atoms with Crippen molar-refractivity contribution in [2.45, 2.75) is 25.9 Å². The Morgan fingerprint density at radius 3 is 2.56 bits per heavy atom. The summed E-state index contributed by atoms with van der Waals surface area (Å²) >= 11 is 0. The molecule has 0 N–H and O–H groups in total. The molecule has 25 heavy (non-hydrogen) atoms. The molecule has 0 saturated carbocycles. The van der Waals surface area contributed by atoms with Crippen LogP contribution < -0.4 is 0 Å². The molecule has 0 unspecified atom stereocenters. The Bertz CT molecular complexity index is 892. The fourth-order valence-corrected chi connectivity index (χ4v) is 3.34. The van der Waals surface area contributed by atoms with Gasteiger partial charge in [-0.3, -0.25) is 4.57 Å². The molecule has 0 atom stereocenters. The Morgan fingerprint density at radius 1 is 1.08 bits per heavy atom. The lowest BCUT2D eigenvalue weighted by atomic mass is 10.1. The molecule has 4 nitrogen and oxygen atoms in total. The van der Waals surface area contributed by atoms with E-state index in [0.29, 0.717) is 5.56 Å². The summed E-state index contributed by atoms with van der Waals surface area (Å²) in [6.07, 6.45) is 7.37. The highest BCUT2D eigenvalue weighted by atomic mass is 19.1. The molecular formula is C20H21FN4. The molecule has 0 aliphatic carbocycles. The highest BCUT2D eigenvalue weighted by molar-refractivity contribution is 5.77. The number of aromatic nitrogens is 3. The molecule has 3 heterocycles. The number of halogens is 1. The van der Waals surface area contributed by atoms with E-state index in [1.54, 1.807) is 18.5 Å². The van der Waals surface area contributed by atoms with E-state index in [2.05, 4.69) is 21.4 Å². The first-order valence-corrected chi connectivity index (χ1v) is 8.69. The van der Waals surface area contributed by atoms with Gasteiger partial charge in [-0.25, -0.2) is 14.4 Å². The number of fused-ring (bicyclic) bond motifs is 1. The van der Waals surface area contributed by atoms with Gasteiger partial charge in [0.2, 0.25) is 0 Å². The lowest BCUT2D eigenvalue weighted by Crippen LogP contribution is -2.27. The molecular weight excluding hydrogens is 315 g/mol. The van der Waals surface area contributed by atoms with Crippen molar-refractivity contribution in [3.8, 4) is 5.69 Å². The molecule has 0 spiro atoms. The molecule has 0 amide bonds. The van der Waals surface area contributed by atoms with Crippen LogP contribution in [0, 0.1) is 0 Å². The predicted octanol–water partition coefficient (Wildman–Crippen LogP) is 4.35. The molecule has 3 aromatic rings. The van der Waals surface area contributed by atoms with E-state index in [0.717, 1.165) is 41.2 Å². The van der Waals surface area contributed by atoms with E-state index in [1.165, 1.54) is 19.3 Å². The number of hydrogen-bond acceptors (Lipinski definition) is 3. The second-order valence-corrected chi connectivity index (χ2v) is 6.48. The van der Waals surface area contributed by atoms with Crippen LogP contribution in [0.1, 0.15) is 30.4 Å². The van der Waals surface area contributed by atoms with E-state index in [9.17, 15) is 4.39 Å². The average molecular weight is 336 g/mol. The van der Waals surface area contributed by atoms with Crippen molar-refractivity contribution in [3.05, 3.63) is 60.6 Å². The second kappa shape index (κ2) is 6.67. The third-order valence-electron chi connectivity index (χ3n) is 4.83. The number of piperidine rings is 1.